The molecule has 0 saturated heterocycles. The second-order valence-electron chi connectivity index (χ2n) is 2.98. The van der Waals surface area contributed by atoms with Crippen molar-refractivity contribution in [2.24, 2.45) is 4.99 Å². The van der Waals surface area contributed by atoms with E-state index in [1.54, 1.807) is 0 Å². The fourth-order valence-electron chi connectivity index (χ4n) is 1.14. The van der Waals surface area contributed by atoms with Crippen molar-refractivity contribution in [3.05, 3.63) is 47.0 Å². The first-order chi connectivity index (χ1) is 6.84. The van der Waals surface area contributed by atoms with E-state index in [9.17, 15) is 0 Å². The number of hydrogen-bond acceptors (Lipinski definition) is 1. The van der Waals surface area contributed by atoms with Crippen LogP contribution in [0.5, 0.6) is 0 Å². The molecule has 0 radical (unpaired) electrons. The molecule has 0 aliphatic heterocycles. The van der Waals surface area contributed by atoms with Gasteiger partial charge in [0, 0.05) is 12.3 Å². The van der Waals surface area contributed by atoms with Crippen molar-refractivity contribution in [2.75, 3.05) is 6.54 Å². The Labute approximate surface area is 93.7 Å². The lowest BCUT2D eigenvalue weighted by Gasteiger charge is -1.99. The molecule has 0 spiro atoms. The Morgan fingerprint density at radius 3 is 2.71 bits per heavy atom. The van der Waals surface area contributed by atoms with Crippen molar-refractivity contribution in [2.45, 2.75) is 13.3 Å². The van der Waals surface area contributed by atoms with Crippen LogP contribution in [0.3, 0.4) is 0 Å². The molecule has 0 atom stereocenters. The molecule has 0 saturated carbocycles. The van der Waals surface area contributed by atoms with Gasteiger partial charge in [0.2, 0.25) is 0 Å². The number of rotatable bonds is 4. The minimum Gasteiger partial charge on any atom is -0.289 e. The third-order valence-electron chi connectivity index (χ3n) is 1.93. The minimum atomic E-state index is 0.850. The van der Waals surface area contributed by atoms with Gasteiger partial charge in [0.25, 0.3) is 0 Å². The van der Waals surface area contributed by atoms with Crippen LogP contribution >= 0.6 is 15.9 Å². The predicted octanol–water partition coefficient (Wildman–Crippen LogP) is 3.79. The minimum absolute atomic E-state index is 0.850. The molecule has 0 aromatic heterocycles. The standard InChI is InChI=1S/C12H14BrN/c1-11(14-10-6-5-9-13)12-7-3-2-4-8-12/h2-5,7-9H,6,10H2,1H3/b9-5-,14-11?. The summed E-state index contributed by atoms with van der Waals surface area (Å²) < 4.78 is 0. The van der Waals surface area contributed by atoms with E-state index in [1.165, 1.54) is 5.56 Å². The lowest BCUT2D eigenvalue weighted by molar-refractivity contribution is 1.01. The van der Waals surface area contributed by atoms with Gasteiger partial charge in [0.15, 0.2) is 0 Å². The van der Waals surface area contributed by atoms with Gasteiger partial charge in [-0.05, 0) is 23.9 Å². The van der Waals surface area contributed by atoms with E-state index in [2.05, 4.69) is 39.1 Å². The molecule has 0 amide bonds. The first-order valence-corrected chi connectivity index (χ1v) is 5.58. The Kier molecular flexibility index (Phi) is 5.23. The Balaban J connectivity index is 2.52. The summed E-state index contributed by atoms with van der Waals surface area (Å²) in [6.07, 6.45) is 3.04. The highest BCUT2D eigenvalue weighted by atomic mass is 79.9. The SMILES string of the molecule is CC(=NCC/C=C\Br)c1ccccc1. The monoisotopic (exact) mass is 251 g/mol. The third kappa shape index (κ3) is 3.88. The summed E-state index contributed by atoms with van der Waals surface area (Å²) >= 11 is 3.23. The molecule has 74 valence electrons. The largest absolute Gasteiger partial charge is 0.289 e. The molecule has 0 aliphatic carbocycles. The van der Waals surface area contributed by atoms with Gasteiger partial charge in [0.05, 0.1) is 0 Å². The van der Waals surface area contributed by atoms with E-state index in [4.69, 9.17) is 0 Å². The van der Waals surface area contributed by atoms with E-state index < -0.39 is 0 Å². The fraction of sp³-hybridized carbons (Fsp3) is 0.250. The van der Waals surface area contributed by atoms with Crippen LogP contribution in [0.1, 0.15) is 18.9 Å². The number of halogens is 1. The van der Waals surface area contributed by atoms with Crippen LogP contribution in [-0.2, 0) is 0 Å². The molecule has 1 rings (SSSR count). The van der Waals surface area contributed by atoms with Gasteiger partial charge in [-0.25, -0.2) is 0 Å². The Morgan fingerprint density at radius 1 is 1.36 bits per heavy atom. The quantitative estimate of drug-likeness (QED) is 0.571. The van der Waals surface area contributed by atoms with E-state index in [0.29, 0.717) is 0 Å². The van der Waals surface area contributed by atoms with Crippen molar-refractivity contribution < 1.29 is 0 Å². The Hall–Kier alpha value is -0.890. The summed E-state index contributed by atoms with van der Waals surface area (Å²) in [6, 6.07) is 10.3. The van der Waals surface area contributed by atoms with Gasteiger partial charge in [0.1, 0.15) is 0 Å². The molecule has 0 N–H and O–H groups in total. The maximum absolute atomic E-state index is 4.48. The summed E-state index contributed by atoms with van der Waals surface area (Å²) in [6.45, 7) is 2.90. The molecular weight excluding hydrogens is 238 g/mol. The van der Waals surface area contributed by atoms with Crippen LogP contribution in [0.25, 0.3) is 0 Å². The average Bonchev–Trinajstić information content (AvgIpc) is 2.25. The normalized spacial score (nSPS) is 12.3. The summed E-state index contributed by atoms with van der Waals surface area (Å²) in [5, 5.41) is 0. The maximum atomic E-state index is 4.48. The van der Waals surface area contributed by atoms with Gasteiger partial charge in [-0.15, -0.1) is 0 Å². The first kappa shape index (κ1) is 11.2. The van der Waals surface area contributed by atoms with Crippen molar-refractivity contribution in [1.29, 1.82) is 0 Å². The highest BCUT2D eigenvalue weighted by Gasteiger charge is 1.93. The van der Waals surface area contributed by atoms with E-state index in [0.717, 1.165) is 18.7 Å². The molecule has 0 heterocycles. The van der Waals surface area contributed by atoms with Crippen molar-refractivity contribution in [3.8, 4) is 0 Å². The summed E-state index contributed by atoms with van der Waals surface area (Å²) in [5.74, 6) is 0. The number of hydrogen-bond donors (Lipinski definition) is 0. The average molecular weight is 252 g/mol. The van der Waals surface area contributed by atoms with Crippen molar-refractivity contribution in [3.63, 3.8) is 0 Å². The molecule has 0 aliphatic rings. The smallest absolute Gasteiger partial charge is 0.0427 e. The first-order valence-electron chi connectivity index (χ1n) is 4.66. The highest BCUT2D eigenvalue weighted by molar-refractivity contribution is 9.11. The zero-order valence-electron chi connectivity index (χ0n) is 8.28. The second kappa shape index (κ2) is 6.55. The van der Waals surface area contributed by atoms with Crippen LogP contribution in [0.2, 0.25) is 0 Å². The molecule has 0 fully saturated rings. The summed E-state index contributed by atoms with van der Waals surface area (Å²) in [4.78, 5) is 6.35. The van der Waals surface area contributed by atoms with Crippen LogP contribution in [0.4, 0.5) is 0 Å². The van der Waals surface area contributed by atoms with Crippen LogP contribution < -0.4 is 0 Å². The van der Waals surface area contributed by atoms with Gasteiger partial charge in [-0.1, -0.05) is 52.3 Å². The van der Waals surface area contributed by atoms with Crippen LogP contribution in [-0.4, -0.2) is 12.3 Å². The summed E-state index contributed by atoms with van der Waals surface area (Å²) in [7, 11) is 0. The zero-order chi connectivity index (χ0) is 10.2. The molecule has 1 aromatic carbocycles. The third-order valence-corrected chi connectivity index (χ3v) is 2.30. The molecule has 1 aromatic rings. The lowest BCUT2D eigenvalue weighted by atomic mass is 10.1. The van der Waals surface area contributed by atoms with Gasteiger partial charge in [-0.2, -0.15) is 0 Å². The lowest BCUT2D eigenvalue weighted by Crippen LogP contribution is -1.95. The van der Waals surface area contributed by atoms with Gasteiger partial charge in [-0.3, -0.25) is 4.99 Å². The number of nitrogens with zero attached hydrogens (tertiary/aromatic N) is 1. The van der Waals surface area contributed by atoms with Crippen LogP contribution in [0, 0.1) is 0 Å². The van der Waals surface area contributed by atoms with E-state index in [1.807, 2.05) is 30.1 Å². The molecule has 0 unspecified atom stereocenters. The van der Waals surface area contributed by atoms with Crippen LogP contribution in [0.15, 0.2) is 46.4 Å². The zero-order valence-corrected chi connectivity index (χ0v) is 9.87. The molecule has 0 bridgehead atoms. The highest BCUT2D eigenvalue weighted by Crippen LogP contribution is 2.01. The molecule has 1 nitrogen and oxygen atoms in total. The predicted molar refractivity (Wildman–Crippen MR) is 66.2 cm³/mol. The number of aliphatic imine (C=N–C) groups is 1. The van der Waals surface area contributed by atoms with Crippen molar-refractivity contribution >= 4 is 21.6 Å². The Bertz CT molecular complexity index is 314. The van der Waals surface area contributed by atoms with E-state index in [-0.39, 0.29) is 0 Å². The molecule has 14 heavy (non-hydrogen) atoms. The topological polar surface area (TPSA) is 12.4 Å². The maximum Gasteiger partial charge on any atom is 0.0427 e. The summed E-state index contributed by atoms with van der Waals surface area (Å²) in [5.41, 5.74) is 2.31. The fourth-order valence-corrected chi connectivity index (χ4v) is 1.40. The van der Waals surface area contributed by atoms with Crippen molar-refractivity contribution in [1.82, 2.24) is 0 Å². The molecular formula is C12H14BrN. The Morgan fingerprint density at radius 2 is 2.07 bits per heavy atom. The number of benzene rings is 1. The van der Waals surface area contributed by atoms with Gasteiger partial charge >= 0.3 is 0 Å². The van der Waals surface area contributed by atoms with Gasteiger partial charge < -0.3 is 0 Å². The molecule has 2 heteroatoms. The second-order valence-corrected chi connectivity index (χ2v) is 3.51. The van der Waals surface area contributed by atoms with E-state index >= 15 is 0 Å².